The summed E-state index contributed by atoms with van der Waals surface area (Å²) < 4.78 is 5.01. The Morgan fingerprint density at radius 2 is 2.33 bits per heavy atom. The molecule has 2 aliphatic rings. The number of rotatable bonds is 0. The van der Waals surface area contributed by atoms with Crippen LogP contribution in [0.2, 0.25) is 0 Å². The van der Waals surface area contributed by atoms with Crippen molar-refractivity contribution in [3.8, 4) is 0 Å². The molecule has 1 saturated carbocycles. The Kier molecular flexibility index (Phi) is 1.65. The monoisotopic (exact) mass is 169 g/mol. The van der Waals surface area contributed by atoms with Crippen LogP contribution in [0.5, 0.6) is 0 Å². The second-order valence-corrected chi connectivity index (χ2v) is 4.14. The number of hydrogen-bond acceptors (Lipinski definition) is 3. The van der Waals surface area contributed by atoms with Crippen molar-refractivity contribution in [1.29, 1.82) is 0 Å². The SMILES string of the molecule is C[C@H]1CC[C@@]2(N)CCOC(=O)C12. The Hall–Kier alpha value is -0.570. The Morgan fingerprint density at radius 1 is 1.58 bits per heavy atom. The van der Waals surface area contributed by atoms with Crippen molar-refractivity contribution >= 4 is 5.97 Å². The first-order valence-corrected chi connectivity index (χ1v) is 4.59. The zero-order valence-electron chi connectivity index (χ0n) is 7.38. The summed E-state index contributed by atoms with van der Waals surface area (Å²) >= 11 is 0. The number of hydrogen-bond donors (Lipinski definition) is 1. The van der Waals surface area contributed by atoms with Gasteiger partial charge in [0.1, 0.15) is 0 Å². The molecule has 3 atom stereocenters. The highest BCUT2D eigenvalue weighted by Crippen LogP contribution is 2.43. The quantitative estimate of drug-likeness (QED) is 0.542. The van der Waals surface area contributed by atoms with Crippen molar-refractivity contribution in [2.75, 3.05) is 6.61 Å². The van der Waals surface area contributed by atoms with E-state index in [-0.39, 0.29) is 17.4 Å². The first-order valence-electron chi connectivity index (χ1n) is 4.59. The third kappa shape index (κ3) is 0.959. The van der Waals surface area contributed by atoms with E-state index in [0.29, 0.717) is 12.5 Å². The summed E-state index contributed by atoms with van der Waals surface area (Å²) in [6.07, 6.45) is 2.89. The van der Waals surface area contributed by atoms with Gasteiger partial charge in [-0.25, -0.2) is 0 Å². The Morgan fingerprint density at radius 3 is 3.00 bits per heavy atom. The van der Waals surface area contributed by atoms with Crippen LogP contribution in [-0.4, -0.2) is 18.1 Å². The van der Waals surface area contributed by atoms with Crippen LogP contribution in [0.3, 0.4) is 0 Å². The molecule has 1 aliphatic carbocycles. The Labute approximate surface area is 72.3 Å². The van der Waals surface area contributed by atoms with Gasteiger partial charge in [0.2, 0.25) is 0 Å². The average Bonchev–Trinajstić information content (AvgIpc) is 2.29. The van der Waals surface area contributed by atoms with Gasteiger partial charge in [-0.2, -0.15) is 0 Å². The molecule has 12 heavy (non-hydrogen) atoms. The zero-order chi connectivity index (χ0) is 8.77. The molecule has 0 aromatic rings. The molecule has 1 saturated heterocycles. The summed E-state index contributed by atoms with van der Waals surface area (Å²) in [5.74, 6) is 0.294. The minimum atomic E-state index is -0.241. The number of nitrogens with two attached hydrogens (primary N) is 1. The van der Waals surface area contributed by atoms with Gasteiger partial charge < -0.3 is 10.5 Å². The highest BCUT2D eigenvalue weighted by molar-refractivity contribution is 5.75. The largest absolute Gasteiger partial charge is 0.465 e. The van der Waals surface area contributed by atoms with Gasteiger partial charge in [0.25, 0.3) is 0 Å². The standard InChI is InChI=1S/C9H15NO2/c1-6-2-3-9(10)4-5-12-8(11)7(6)9/h6-7H,2-5,10H2,1H3/t6-,7?,9+/m0/s1. The Balaban J connectivity index is 2.26. The van der Waals surface area contributed by atoms with Crippen LogP contribution in [0.4, 0.5) is 0 Å². The van der Waals surface area contributed by atoms with Gasteiger partial charge in [-0.05, 0) is 18.8 Å². The molecule has 68 valence electrons. The highest BCUT2D eigenvalue weighted by Gasteiger charge is 2.50. The van der Waals surface area contributed by atoms with Gasteiger partial charge in [-0.3, -0.25) is 4.79 Å². The van der Waals surface area contributed by atoms with E-state index in [0.717, 1.165) is 19.3 Å². The lowest BCUT2D eigenvalue weighted by Gasteiger charge is -2.35. The summed E-state index contributed by atoms with van der Waals surface area (Å²) in [6.45, 7) is 2.60. The molecule has 0 amide bonds. The highest BCUT2D eigenvalue weighted by atomic mass is 16.5. The van der Waals surface area contributed by atoms with Gasteiger partial charge >= 0.3 is 5.97 Å². The predicted molar refractivity (Wildman–Crippen MR) is 44.4 cm³/mol. The van der Waals surface area contributed by atoms with E-state index in [9.17, 15) is 4.79 Å². The fourth-order valence-corrected chi connectivity index (χ4v) is 2.56. The van der Waals surface area contributed by atoms with Gasteiger partial charge in [0, 0.05) is 12.0 Å². The van der Waals surface area contributed by atoms with Crippen molar-refractivity contribution in [3.63, 3.8) is 0 Å². The molecule has 1 unspecified atom stereocenters. The van der Waals surface area contributed by atoms with Crippen molar-refractivity contribution in [2.24, 2.45) is 17.6 Å². The Bertz CT molecular complexity index is 213. The van der Waals surface area contributed by atoms with E-state index < -0.39 is 0 Å². The molecular formula is C9H15NO2. The first-order chi connectivity index (χ1) is 5.63. The van der Waals surface area contributed by atoms with Gasteiger partial charge in [-0.15, -0.1) is 0 Å². The van der Waals surface area contributed by atoms with Gasteiger partial charge in [0.05, 0.1) is 12.5 Å². The number of cyclic esters (lactones) is 1. The number of esters is 1. The maximum absolute atomic E-state index is 11.4. The average molecular weight is 169 g/mol. The lowest BCUT2D eigenvalue weighted by molar-refractivity contribution is -0.157. The zero-order valence-corrected chi connectivity index (χ0v) is 7.38. The molecule has 2 fully saturated rings. The van der Waals surface area contributed by atoms with E-state index >= 15 is 0 Å². The third-order valence-electron chi connectivity index (χ3n) is 3.32. The minimum Gasteiger partial charge on any atom is -0.465 e. The molecule has 3 heteroatoms. The van der Waals surface area contributed by atoms with Crippen LogP contribution in [0.25, 0.3) is 0 Å². The first kappa shape index (κ1) is 8.05. The van der Waals surface area contributed by atoms with Crippen molar-refractivity contribution in [3.05, 3.63) is 0 Å². The van der Waals surface area contributed by atoms with Gasteiger partial charge in [-0.1, -0.05) is 6.92 Å². The fourth-order valence-electron chi connectivity index (χ4n) is 2.56. The summed E-state index contributed by atoms with van der Waals surface area (Å²) in [4.78, 5) is 11.4. The smallest absolute Gasteiger partial charge is 0.311 e. The predicted octanol–water partition coefficient (Wildman–Crippen LogP) is 0.677. The number of carbonyl (C=O) groups is 1. The molecule has 3 nitrogen and oxygen atoms in total. The van der Waals surface area contributed by atoms with Crippen LogP contribution in [0.15, 0.2) is 0 Å². The summed E-state index contributed by atoms with van der Waals surface area (Å²) in [5, 5.41) is 0. The number of carbonyl (C=O) groups excluding carboxylic acids is 1. The molecule has 1 heterocycles. The molecular weight excluding hydrogens is 154 g/mol. The third-order valence-corrected chi connectivity index (χ3v) is 3.32. The van der Waals surface area contributed by atoms with Gasteiger partial charge in [0.15, 0.2) is 0 Å². The van der Waals surface area contributed by atoms with E-state index in [2.05, 4.69) is 6.92 Å². The normalized spacial score (nSPS) is 47.0. The molecule has 2 rings (SSSR count). The molecule has 0 bridgehead atoms. The van der Waals surface area contributed by atoms with Crippen molar-refractivity contribution in [1.82, 2.24) is 0 Å². The van der Waals surface area contributed by atoms with Crippen LogP contribution in [-0.2, 0) is 9.53 Å². The summed E-state index contributed by atoms with van der Waals surface area (Å²) in [7, 11) is 0. The van der Waals surface area contributed by atoms with Crippen molar-refractivity contribution in [2.45, 2.75) is 31.7 Å². The summed E-state index contributed by atoms with van der Waals surface area (Å²) in [5.41, 5.74) is 5.90. The lowest BCUT2D eigenvalue weighted by Crippen LogP contribution is -2.52. The van der Waals surface area contributed by atoms with E-state index in [1.807, 2.05) is 0 Å². The van der Waals surface area contributed by atoms with E-state index in [4.69, 9.17) is 10.5 Å². The number of ether oxygens (including phenoxy) is 1. The van der Waals surface area contributed by atoms with Crippen LogP contribution in [0, 0.1) is 11.8 Å². The minimum absolute atomic E-state index is 0.0359. The van der Waals surface area contributed by atoms with Crippen LogP contribution in [0.1, 0.15) is 26.2 Å². The second-order valence-electron chi connectivity index (χ2n) is 4.14. The fraction of sp³-hybridized carbons (Fsp3) is 0.889. The maximum Gasteiger partial charge on any atom is 0.311 e. The second kappa shape index (κ2) is 2.46. The molecule has 0 spiro atoms. The van der Waals surface area contributed by atoms with Crippen LogP contribution >= 0.6 is 0 Å². The molecule has 0 radical (unpaired) electrons. The molecule has 0 aromatic heterocycles. The van der Waals surface area contributed by atoms with E-state index in [1.54, 1.807) is 0 Å². The lowest BCUT2D eigenvalue weighted by atomic mass is 9.80. The molecule has 2 N–H and O–H groups in total. The number of fused-ring (bicyclic) bond motifs is 1. The molecule has 0 aromatic carbocycles. The van der Waals surface area contributed by atoms with Crippen LogP contribution < -0.4 is 5.73 Å². The maximum atomic E-state index is 11.4. The van der Waals surface area contributed by atoms with Crippen molar-refractivity contribution < 1.29 is 9.53 Å². The molecule has 1 aliphatic heterocycles. The summed E-state index contributed by atoms with van der Waals surface area (Å²) in [6, 6.07) is 0. The van der Waals surface area contributed by atoms with E-state index in [1.165, 1.54) is 0 Å². The topological polar surface area (TPSA) is 52.3 Å².